The molecule has 1 aromatic rings. The third-order valence-corrected chi connectivity index (χ3v) is 3.01. The fourth-order valence-electron chi connectivity index (χ4n) is 1.89. The van der Waals surface area contributed by atoms with E-state index >= 15 is 0 Å². The Kier molecular flexibility index (Phi) is 3.16. The van der Waals surface area contributed by atoms with Gasteiger partial charge in [0, 0.05) is 19.6 Å². The first kappa shape index (κ1) is 10.4. The van der Waals surface area contributed by atoms with Gasteiger partial charge in [0.1, 0.15) is 0 Å². The molecule has 0 aliphatic carbocycles. The molecular formula is C11H18N4. The van der Waals surface area contributed by atoms with Crippen molar-refractivity contribution in [1.82, 2.24) is 15.5 Å². The van der Waals surface area contributed by atoms with Crippen molar-refractivity contribution in [2.45, 2.75) is 25.8 Å². The molecular weight excluding hydrogens is 188 g/mol. The molecule has 2 rings (SSSR count). The molecule has 15 heavy (non-hydrogen) atoms. The average Bonchev–Trinajstić information content (AvgIpc) is 2.82. The first-order valence-electron chi connectivity index (χ1n) is 5.57. The van der Waals surface area contributed by atoms with Crippen LogP contribution in [0, 0.1) is 0 Å². The Morgan fingerprint density at radius 3 is 2.87 bits per heavy atom. The number of hydrogen-bond acceptors (Lipinski definition) is 4. The lowest BCUT2D eigenvalue weighted by Crippen LogP contribution is -2.34. The van der Waals surface area contributed by atoms with E-state index in [1.54, 1.807) is 0 Å². The summed E-state index contributed by atoms with van der Waals surface area (Å²) in [5, 5.41) is 11.8. The fraction of sp³-hybridized carbons (Fsp3) is 0.636. The minimum Gasteiger partial charge on any atom is -0.354 e. The molecule has 0 aromatic carbocycles. The summed E-state index contributed by atoms with van der Waals surface area (Å²) in [6, 6.07) is 4.68. The van der Waals surface area contributed by atoms with E-state index in [0.717, 1.165) is 31.0 Å². The number of nitrogens with one attached hydrogen (secondary N) is 1. The van der Waals surface area contributed by atoms with Crippen molar-refractivity contribution in [1.29, 1.82) is 0 Å². The second-order valence-corrected chi connectivity index (χ2v) is 3.99. The lowest BCUT2D eigenvalue weighted by Gasteiger charge is -2.24. The van der Waals surface area contributed by atoms with Crippen molar-refractivity contribution in [3.63, 3.8) is 0 Å². The summed E-state index contributed by atoms with van der Waals surface area (Å²) in [4.78, 5) is 2.21. The number of aromatic nitrogens is 2. The molecule has 1 aliphatic rings. The lowest BCUT2D eigenvalue weighted by atomic mass is 10.2. The summed E-state index contributed by atoms with van der Waals surface area (Å²) >= 11 is 0. The van der Waals surface area contributed by atoms with Crippen LogP contribution in [-0.2, 0) is 6.42 Å². The molecule has 0 bridgehead atoms. The van der Waals surface area contributed by atoms with Crippen molar-refractivity contribution in [3.05, 3.63) is 17.8 Å². The van der Waals surface area contributed by atoms with Gasteiger partial charge in [-0.1, -0.05) is 6.92 Å². The Morgan fingerprint density at radius 1 is 1.47 bits per heavy atom. The van der Waals surface area contributed by atoms with Crippen LogP contribution in [-0.4, -0.2) is 36.4 Å². The summed E-state index contributed by atoms with van der Waals surface area (Å²) in [5.41, 5.74) is 1.05. The Bertz CT molecular complexity index is 303. The molecule has 1 atom stereocenters. The van der Waals surface area contributed by atoms with E-state index in [9.17, 15) is 0 Å². The van der Waals surface area contributed by atoms with Gasteiger partial charge in [0.2, 0.25) is 0 Å². The molecule has 1 saturated heterocycles. The molecule has 0 radical (unpaired) electrons. The molecule has 82 valence electrons. The van der Waals surface area contributed by atoms with Crippen LogP contribution in [0.3, 0.4) is 0 Å². The molecule has 0 saturated carbocycles. The Labute approximate surface area is 90.7 Å². The molecule has 1 N–H and O–H groups in total. The smallest absolute Gasteiger partial charge is 0.151 e. The highest BCUT2D eigenvalue weighted by atomic mass is 15.3. The van der Waals surface area contributed by atoms with E-state index in [0.29, 0.717) is 6.04 Å². The highest BCUT2D eigenvalue weighted by Crippen LogP contribution is 2.14. The Balaban J connectivity index is 2.07. The van der Waals surface area contributed by atoms with Crippen LogP contribution in [0.1, 0.15) is 19.0 Å². The number of nitrogens with zero attached hydrogens (tertiary/aromatic N) is 3. The molecule has 1 aromatic heterocycles. The van der Waals surface area contributed by atoms with Crippen LogP contribution in [0.4, 0.5) is 5.82 Å². The normalized spacial score (nSPS) is 20.5. The predicted octanol–water partition coefficient (Wildman–Crippen LogP) is 0.837. The molecule has 1 aliphatic heterocycles. The lowest BCUT2D eigenvalue weighted by molar-refractivity contribution is 0.670. The van der Waals surface area contributed by atoms with Crippen LogP contribution < -0.4 is 10.2 Å². The van der Waals surface area contributed by atoms with Crippen LogP contribution in [0.2, 0.25) is 0 Å². The van der Waals surface area contributed by atoms with Gasteiger partial charge >= 0.3 is 0 Å². The van der Waals surface area contributed by atoms with Crippen LogP contribution in [0.5, 0.6) is 0 Å². The zero-order valence-corrected chi connectivity index (χ0v) is 9.40. The van der Waals surface area contributed by atoms with E-state index in [2.05, 4.69) is 46.5 Å². The number of anilines is 1. The molecule has 1 unspecified atom stereocenters. The highest BCUT2D eigenvalue weighted by Gasteiger charge is 2.20. The quantitative estimate of drug-likeness (QED) is 0.795. The molecule has 1 fully saturated rings. The third-order valence-electron chi connectivity index (χ3n) is 3.01. The van der Waals surface area contributed by atoms with Gasteiger partial charge in [-0.15, -0.1) is 5.10 Å². The Hall–Kier alpha value is -1.16. The number of rotatable bonds is 3. The maximum Gasteiger partial charge on any atom is 0.151 e. The summed E-state index contributed by atoms with van der Waals surface area (Å²) in [5.74, 6) is 0.973. The number of aryl methyl sites for hydroxylation is 1. The first-order valence-corrected chi connectivity index (χ1v) is 5.57. The van der Waals surface area contributed by atoms with Crippen molar-refractivity contribution in [2.24, 2.45) is 0 Å². The van der Waals surface area contributed by atoms with Gasteiger partial charge in [-0.3, -0.25) is 0 Å². The largest absolute Gasteiger partial charge is 0.354 e. The second kappa shape index (κ2) is 4.57. The van der Waals surface area contributed by atoms with Crippen molar-refractivity contribution in [3.8, 4) is 0 Å². The number of hydrogen-bond donors (Lipinski definition) is 1. The van der Waals surface area contributed by atoms with Crippen LogP contribution >= 0.6 is 0 Å². The summed E-state index contributed by atoms with van der Waals surface area (Å²) in [6.45, 7) is 4.25. The van der Waals surface area contributed by atoms with Gasteiger partial charge in [0.05, 0.1) is 5.69 Å². The highest BCUT2D eigenvalue weighted by molar-refractivity contribution is 5.38. The zero-order valence-electron chi connectivity index (χ0n) is 9.40. The van der Waals surface area contributed by atoms with Gasteiger partial charge in [-0.25, -0.2) is 0 Å². The summed E-state index contributed by atoms with van der Waals surface area (Å²) in [7, 11) is 2.09. The van der Waals surface area contributed by atoms with Crippen molar-refractivity contribution < 1.29 is 0 Å². The van der Waals surface area contributed by atoms with Crippen molar-refractivity contribution >= 4 is 5.82 Å². The predicted molar refractivity (Wildman–Crippen MR) is 61.1 cm³/mol. The van der Waals surface area contributed by atoms with E-state index in [1.807, 2.05) is 0 Å². The third kappa shape index (κ3) is 2.26. The van der Waals surface area contributed by atoms with Gasteiger partial charge in [-0.05, 0) is 31.5 Å². The topological polar surface area (TPSA) is 41.0 Å². The number of likely N-dealkylation sites (N-methyl/N-ethyl adjacent to an activating group) is 1. The Morgan fingerprint density at radius 2 is 2.33 bits per heavy atom. The summed E-state index contributed by atoms with van der Waals surface area (Å²) < 4.78 is 0. The SMILES string of the molecule is CCc1ccc(N(C)C2CCNC2)nn1. The maximum absolute atomic E-state index is 4.24. The van der Waals surface area contributed by atoms with E-state index in [4.69, 9.17) is 0 Å². The summed E-state index contributed by atoms with van der Waals surface area (Å²) in [6.07, 6.45) is 2.13. The van der Waals surface area contributed by atoms with Crippen LogP contribution in [0.15, 0.2) is 12.1 Å². The molecule has 2 heterocycles. The van der Waals surface area contributed by atoms with Crippen molar-refractivity contribution in [2.75, 3.05) is 25.0 Å². The molecule has 0 spiro atoms. The van der Waals surface area contributed by atoms with Gasteiger partial charge in [0.15, 0.2) is 5.82 Å². The minimum atomic E-state index is 0.562. The first-order chi connectivity index (χ1) is 7.31. The molecule has 4 nitrogen and oxygen atoms in total. The second-order valence-electron chi connectivity index (χ2n) is 3.99. The van der Waals surface area contributed by atoms with E-state index < -0.39 is 0 Å². The van der Waals surface area contributed by atoms with Gasteiger partial charge in [0.25, 0.3) is 0 Å². The fourth-order valence-corrected chi connectivity index (χ4v) is 1.89. The van der Waals surface area contributed by atoms with Crippen LogP contribution in [0.25, 0.3) is 0 Å². The maximum atomic E-state index is 4.24. The minimum absolute atomic E-state index is 0.562. The van der Waals surface area contributed by atoms with E-state index in [-0.39, 0.29) is 0 Å². The van der Waals surface area contributed by atoms with Gasteiger partial charge < -0.3 is 10.2 Å². The zero-order chi connectivity index (χ0) is 10.7. The van der Waals surface area contributed by atoms with E-state index in [1.165, 1.54) is 6.42 Å². The molecule has 4 heteroatoms. The van der Waals surface area contributed by atoms with Gasteiger partial charge in [-0.2, -0.15) is 5.10 Å². The molecule has 0 amide bonds. The standard InChI is InChI=1S/C11H18N4/c1-3-9-4-5-11(14-13-9)15(2)10-6-7-12-8-10/h4-5,10,12H,3,6-8H2,1-2H3. The average molecular weight is 206 g/mol. The monoisotopic (exact) mass is 206 g/mol.